The van der Waals surface area contributed by atoms with Gasteiger partial charge in [-0.3, -0.25) is 4.68 Å². The maximum atomic E-state index is 13.2. The number of nitrogens with one attached hydrogen (secondary N) is 1. The van der Waals surface area contributed by atoms with Crippen LogP contribution in [0.2, 0.25) is 0 Å². The third kappa shape index (κ3) is 4.37. The molecule has 26 heavy (non-hydrogen) atoms. The lowest BCUT2D eigenvalue weighted by atomic mass is 10.1. The number of nitrogens with zero attached hydrogens (tertiary/aromatic N) is 5. The van der Waals surface area contributed by atoms with Crippen molar-refractivity contribution >= 4 is 5.96 Å². The number of ether oxygens (including phenoxy) is 1. The summed E-state index contributed by atoms with van der Waals surface area (Å²) in [5.41, 5.74) is 0.965. The van der Waals surface area contributed by atoms with Gasteiger partial charge in [-0.1, -0.05) is 12.1 Å². The second-order valence-corrected chi connectivity index (χ2v) is 6.36. The molecule has 7 nitrogen and oxygen atoms in total. The predicted octanol–water partition coefficient (Wildman–Crippen LogP) is 1.88. The first-order chi connectivity index (χ1) is 12.6. The van der Waals surface area contributed by atoms with Gasteiger partial charge in [0, 0.05) is 20.1 Å². The normalized spacial score (nSPS) is 21.1. The molecule has 2 unspecified atom stereocenters. The van der Waals surface area contributed by atoms with Crippen molar-refractivity contribution < 1.29 is 9.13 Å². The van der Waals surface area contributed by atoms with Crippen molar-refractivity contribution in [1.82, 2.24) is 25.0 Å². The quantitative estimate of drug-likeness (QED) is 0.666. The van der Waals surface area contributed by atoms with Crippen LogP contribution < -0.4 is 5.32 Å². The highest BCUT2D eigenvalue weighted by atomic mass is 19.1. The van der Waals surface area contributed by atoms with E-state index < -0.39 is 0 Å². The average Bonchev–Trinajstić information content (AvgIpc) is 3.03. The van der Waals surface area contributed by atoms with Crippen molar-refractivity contribution in [2.24, 2.45) is 12.0 Å². The van der Waals surface area contributed by atoms with Gasteiger partial charge in [-0.2, -0.15) is 5.10 Å². The van der Waals surface area contributed by atoms with Crippen LogP contribution in [0.15, 0.2) is 35.6 Å². The topological polar surface area (TPSA) is 67.6 Å². The van der Waals surface area contributed by atoms with E-state index in [1.165, 1.54) is 18.5 Å². The van der Waals surface area contributed by atoms with Gasteiger partial charge in [0.2, 0.25) is 0 Å². The highest BCUT2D eigenvalue weighted by molar-refractivity contribution is 5.80. The molecule has 1 aliphatic heterocycles. The minimum absolute atomic E-state index is 0.0393. The number of aryl methyl sites for hydroxylation is 1. The minimum atomic E-state index is -0.243. The second kappa shape index (κ2) is 8.27. The fraction of sp³-hybridized carbons (Fsp3) is 0.500. The van der Waals surface area contributed by atoms with Crippen LogP contribution in [0.3, 0.4) is 0 Å². The van der Waals surface area contributed by atoms with E-state index in [4.69, 9.17) is 9.73 Å². The van der Waals surface area contributed by atoms with Gasteiger partial charge in [-0.05, 0) is 31.5 Å². The molecule has 0 amide bonds. The van der Waals surface area contributed by atoms with E-state index in [1.807, 2.05) is 20.9 Å². The average molecular weight is 360 g/mol. The van der Waals surface area contributed by atoms with Gasteiger partial charge in [0.05, 0.1) is 12.6 Å². The van der Waals surface area contributed by atoms with Gasteiger partial charge < -0.3 is 15.0 Å². The third-order valence-electron chi connectivity index (χ3n) is 4.31. The highest BCUT2D eigenvalue weighted by Gasteiger charge is 2.28. The largest absolute Gasteiger partial charge is 0.367 e. The van der Waals surface area contributed by atoms with Gasteiger partial charge in [-0.25, -0.2) is 14.4 Å². The molecular formula is C18H25FN6O. The molecule has 0 aliphatic carbocycles. The van der Waals surface area contributed by atoms with Gasteiger partial charge in [0.25, 0.3) is 0 Å². The fourth-order valence-electron chi connectivity index (χ4n) is 3.02. The molecular weight excluding hydrogens is 335 g/mol. The second-order valence-electron chi connectivity index (χ2n) is 6.36. The van der Waals surface area contributed by atoms with Crippen molar-refractivity contribution in [3.63, 3.8) is 0 Å². The standard InChI is InChI=1S/C18H25FN6O/c1-4-20-18(21-9-17-22-12-23-24(17)3)25-10-13(2)26-16(11-25)14-5-7-15(19)8-6-14/h5-8,12-13,16H,4,9-11H2,1-3H3,(H,20,21). The molecule has 2 atom stereocenters. The highest BCUT2D eigenvalue weighted by Crippen LogP contribution is 2.25. The van der Waals surface area contributed by atoms with Gasteiger partial charge >= 0.3 is 0 Å². The molecule has 0 spiro atoms. The lowest BCUT2D eigenvalue weighted by Gasteiger charge is -2.38. The van der Waals surface area contributed by atoms with Crippen LogP contribution in [-0.2, 0) is 18.3 Å². The Labute approximate surface area is 152 Å². The van der Waals surface area contributed by atoms with E-state index in [1.54, 1.807) is 16.8 Å². The Hall–Kier alpha value is -2.48. The van der Waals surface area contributed by atoms with Crippen molar-refractivity contribution in [2.75, 3.05) is 19.6 Å². The van der Waals surface area contributed by atoms with Crippen LogP contribution in [-0.4, -0.2) is 51.4 Å². The zero-order valence-corrected chi connectivity index (χ0v) is 15.4. The smallest absolute Gasteiger partial charge is 0.194 e. The summed E-state index contributed by atoms with van der Waals surface area (Å²) >= 11 is 0. The summed E-state index contributed by atoms with van der Waals surface area (Å²) in [4.78, 5) is 11.1. The van der Waals surface area contributed by atoms with Gasteiger partial charge in [-0.15, -0.1) is 0 Å². The van der Waals surface area contributed by atoms with Crippen molar-refractivity contribution in [3.8, 4) is 0 Å². The summed E-state index contributed by atoms with van der Waals surface area (Å²) < 4.78 is 21.0. The van der Waals surface area contributed by atoms with Crippen LogP contribution in [0.5, 0.6) is 0 Å². The number of guanidine groups is 1. The maximum absolute atomic E-state index is 13.2. The molecule has 1 aromatic carbocycles. The van der Waals surface area contributed by atoms with Crippen LogP contribution in [0.1, 0.15) is 31.3 Å². The lowest BCUT2D eigenvalue weighted by Crippen LogP contribution is -2.50. The minimum Gasteiger partial charge on any atom is -0.367 e. The van der Waals surface area contributed by atoms with Crippen LogP contribution >= 0.6 is 0 Å². The van der Waals surface area contributed by atoms with E-state index in [0.29, 0.717) is 13.1 Å². The lowest BCUT2D eigenvalue weighted by molar-refractivity contribution is -0.0605. The van der Waals surface area contributed by atoms with Crippen LogP contribution in [0.25, 0.3) is 0 Å². The number of hydrogen-bond donors (Lipinski definition) is 1. The molecule has 0 radical (unpaired) electrons. The molecule has 2 aromatic rings. The first kappa shape index (κ1) is 18.3. The number of hydrogen-bond acceptors (Lipinski definition) is 4. The first-order valence-electron chi connectivity index (χ1n) is 8.84. The number of halogens is 1. The molecule has 1 aliphatic rings. The van der Waals surface area contributed by atoms with Crippen molar-refractivity contribution in [1.29, 1.82) is 0 Å². The molecule has 2 heterocycles. The molecule has 0 saturated carbocycles. The molecule has 8 heteroatoms. The zero-order valence-electron chi connectivity index (χ0n) is 15.4. The van der Waals surface area contributed by atoms with E-state index in [2.05, 4.69) is 20.3 Å². The monoisotopic (exact) mass is 360 g/mol. The summed E-state index contributed by atoms with van der Waals surface area (Å²) in [5.74, 6) is 1.38. The van der Waals surface area contributed by atoms with Gasteiger partial charge in [0.15, 0.2) is 5.96 Å². The molecule has 1 N–H and O–H groups in total. The van der Waals surface area contributed by atoms with E-state index in [-0.39, 0.29) is 18.0 Å². The Morgan fingerprint density at radius 3 is 2.77 bits per heavy atom. The van der Waals surface area contributed by atoms with E-state index in [0.717, 1.165) is 30.4 Å². The molecule has 0 bridgehead atoms. The first-order valence-corrected chi connectivity index (χ1v) is 8.84. The number of benzene rings is 1. The molecule has 1 aromatic heterocycles. The number of aromatic nitrogens is 3. The van der Waals surface area contributed by atoms with E-state index >= 15 is 0 Å². The maximum Gasteiger partial charge on any atom is 0.194 e. The molecule has 1 fully saturated rings. The Bertz CT molecular complexity index is 744. The summed E-state index contributed by atoms with van der Waals surface area (Å²) in [6.07, 6.45) is 1.44. The Morgan fingerprint density at radius 2 is 2.12 bits per heavy atom. The molecule has 1 saturated heterocycles. The summed E-state index contributed by atoms with van der Waals surface area (Å²) in [6.45, 7) is 6.69. The van der Waals surface area contributed by atoms with E-state index in [9.17, 15) is 4.39 Å². The Morgan fingerprint density at radius 1 is 1.35 bits per heavy atom. The predicted molar refractivity (Wildman–Crippen MR) is 97.1 cm³/mol. The van der Waals surface area contributed by atoms with Crippen molar-refractivity contribution in [2.45, 2.75) is 32.6 Å². The van der Waals surface area contributed by atoms with Gasteiger partial charge in [0.1, 0.15) is 30.6 Å². The van der Waals surface area contributed by atoms with Crippen LogP contribution in [0.4, 0.5) is 4.39 Å². The third-order valence-corrected chi connectivity index (χ3v) is 4.31. The van der Waals surface area contributed by atoms with Crippen molar-refractivity contribution in [3.05, 3.63) is 47.8 Å². The number of aliphatic imine (C=N–C) groups is 1. The zero-order chi connectivity index (χ0) is 18.5. The van der Waals surface area contributed by atoms with Crippen LogP contribution in [0, 0.1) is 5.82 Å². The number of rotatable bonds is 4. The summed E-state index contributed by atoms with van der Waals surface area (Å²) in [5, 5.41) is 7.41. The Kier molecular flexibility index (Phi) is 5.82. The molecule has 140 valence electrons. The SMILES string of the molecule is CCNC(=NCc1ncnn1C)N1CC(C)OC(c2ccc(F)cc2)C1. The summed E-state index contributed by atoms with van der Waals surface area (Å²) in [7, 11) is 1.85. The summed E-state index contributed by atoms with van der Waals surface area (Å²) in [6, 6.07) is 6.49. The number of morpholine rings is 1. The molecule has 3 rings (SSSR count). The fourth-order valence-corrected chi connectivity index (χ4v) is 3.02. The Balaban J connectivity index is 1.77.